The third-order valence-corrected chi connectivity index (χ3v) is 5.57. The lowest BCUT2D eigenvalue weighted by molar-refractivity contribution is 0.0678. The summed E-state index contributed by atoms with van der Waals surface area (Å²) in [5.74, 6) is 1.01. The molecule has 2 fully saturated rings. The van der Waals surface area contributed by atoms with Crippen molar-refractivity contribution in [1.82, 2.24) is 19.0 Å². The summed E-state index contributed by atoms with van der Waals surface area (Å²) in [6, 6.07) is 2.43. The van der Waals surface area contributed by atoms with E-state index < -0.39 is 0 Å². The minimum absolute atomic E-state index is 0.190. The van der Waals surface area contributed by atoms with Crippen molar-refractivity contribution in [1.29, 1.82) is 0 Å². The lowest BCUT2D eigenvalue weighted by Crippen LogP contribution is -2.40. The topological polar surface area (TPSA) is 43.1 Å². The van der Waals surface area contributed by atoms with Gasteiger partial charge in [-0.15, -0.1) is 0 Å². The molecule has 1 saturated heterocycles. The normalized spacial score (nSPS) is 21.2. The van der Waals surface area contributed by atoms with Crippen molar-refractivity contribution in [2.75, 3.05) is 13.1 Å². The summed E-state index contributed by atoms with van der Waals surface area (Å²) in [7, 11) is 0. The zero-order valence-corrected chi connectivity index (χ0v) is 14.6. The van der Waals surface area contributed by atoms with Crippen molar-refractivity contribution in [2.45, 2.75) is 52.1 Å². The van der Waals surface area contributed by atoms with Crippen LogP contribution in [0.2, 0.25) is 0 Å². The van der Waals surface area contributed by atoms with Crippen LogP contribution in [0, 0.1) is 19.8 Å². The summed E-state index contributed by atoms with van der Waals surface area (Å²) in [4.78, 5) is 19.3. The monoisotopic (exact) mass is 326 g/mol. The molecule has 5 heteroatoms. The molecule has 1 aliphatic heterocycles. The molecular weight excluding hydrogens is 300 g/mol. The van der Waals surface area contributed by atoms with Crippen LogP contribution in [-0.4, -0.2) is 38.0 Å². The fraction of sp³-hybridized carbons (Fsp3) is 0.579. The van der Waals surface area contributed by atoms with Crippen molar-refractivity contribution in [3.63, 3.8) is 0 Å². The van der Waals surface area contributed by atoms with E-state index >= 15 is 0 Å². The van der Waals surface area contributed by atoms with Crippen LogP contribution < -0.4 is 0 Å². The first-order valence-corrected chi connectivity index (χ1v) is 9.07. The second-order valence-electron chi connectivity index (χ2n) is 7.40. The Labute approximate surface area is 143 Å². The highest BCUT2D eigenvalue weighted by Crippen LogP contribution is 2.32. The number of imidazole rings is 1. The fourth-order valence-electron chi connectivity index (χ4n) is 3.90. The van der Waals surface area contributed by atoms with Crippen molar-refractivity contribution in [3.8, 4) is 0 Å². The summed E-state index contributed by atoms with van der Waals surface area (Å²) in [5.41, 5.74) is 3.24. The predicted octanol–water partition coefficient (Wildman–Crippen LogP) is 3.19. The molecule has 24 heavy (non-hydrogen) atoms. The molecule has 1 aliphatic carbocycles. The number of hydrogen-bond donors (Lipinski definition) is 0. The van der Waals surface area contributed by atoms with E-state index in [0.29, 0.717) is 6.04 Å². The molecule has 0 bridgehead atoms. The number of nitrogens with zero attached hydrogens (tertiary/aromatic N) is 4. The molecule has 0 radical (unpaired) electrons. The zero-order valence-electron chi connectivity index (χ0n) is 14.6. The van der Waals surface area contributed by atoms with Crippen LogP contribution in [0.15, 0.2) is 24.8 Å². The third-order valence-electron chi connectivity index (χ3n) is 5.57. The number of amides is 1. The molecule has 1 saturated carbocycles. The van der Waals surface area contributed by atoms with Crippen LogP contribution >= 0.6 is 0 Å². The lowest BCUT2D eigenvalue weighted by Gasteiger charge is -2.33. The molecule has 1 amide bonds. The Morgan fingerprint density at radius 3 is 2.83 bits per heavy atom. The molecule has 5 nitrogen and oxygen atoms in total. The maximum Gasteiger partial charge on any atom is 0.255 e. The molecule has 0 spiro atoms. The number of carbonyl (C=O) groups is 1. The zero-order chi connectivity index (χ0) is 16.7. The van der Waals surface area contributed by atoms with E-state index in [9.17, 15) is 4.79 Å². The second kappa shape index (κ2) is 6.11. The summed E-state index contributed by atoms with van der Waals surface area (Å²) >= 11 is 0. The van der Waals surface area contributed by atoms with Gasteiger partial charge in [0.05, 0.1) is 17.9 Å². The van der Waals surface area contributed by atoms with Gasteiger partial charge in [0, 0.05) is 43.4 Å². The highest BCUT2D eigenvalue weighted by atomic mass is 16.2. The van der Waals surface area contributed by atoms with E-state index in [0.717, 1.165) is 49.7 Å². The average Bonchev–Trinajstić information content (AvgIpc) is 3.16. The van der Waals surface area contributed by atoms with Crippen LogP contribution in [0.4, 0.5) is 0 Å². The number of likely N-dealkylation sites (tertiary alicyclic amines) is 1. The highest BCUT2D eigenvalue weighted by molar-refractivity contribution is 5.95. The SMILES string of the molecule is Cc1cc(C(=O)N2CCC[C@H](n3ccnc3)C2)c(C)n1CC1CC1. The number of aryl methyl sites for hydroxylation is 1. The number of rotatable bonds is 4. The Hall–Kier alpha value is -2.04. The maximum absolute atomic E-state index is 13.1. The van der Waals surface area contributed by atoms with Gasteiger partial charge in [-0.25, -0.2) is 4.98 Å². The quantitative estimate of drug-likeness (QED) is 0.866. The Morgan fingerprint density at radius 2 is 2.12 bits per heavy atom. The smallest absolute Gasteiger partial charge is 0.255 e. The minimum Gasteiger partial charge on any atom is -0.348 e. The Morgan fingerprint density at radius 1 is 1.29 bits per heavy atom. The molecule has 2 aliphatic rings. The molecule has 4 rings (SSSR count). The molecular formula is C19H26N4O. The lowest BCUT2D eigenvalue weighted by atomic mass is 10.0. The standard InChI is InChI=1S/C19H26N4O/c1-14-10-18(15(2)23(14)11-16-5-6-16)19(24)21-8-3-4-17(12-21)22-9-7-20-13-22/h7,9-10,13,16-17H,3-6,8,11-12H2,1-2H3/t17-/m0/s1. The number of piperidine rings is 1. The van der Waals surface area contributed by atoms with Gasteiger partial charge < -0.3 is 14.0 Å². The van der Waals surface area contributed by atoms with Gasteiger partial charge in [0.15, 0.2) is 0 Å². The van der Waals surface area contributed by atoms with E-state index in [-0.39, 0.29) is 5.91 Å². The van der Waals surface area contributed by atoms with Crippen LogP contribution in [0.25, 0.3) is 0 Å². The van der Waals surface area contributed by atoms with E-state index in [1.54, 1.807) is 0 Å². The highest BCUT2D eigenvalue weighted by Gasteiger charge is 2.29. The molecule has 2 aromatic rings. The summed E-state index contributed by atoms with van der Waals surface area (Å²) < 4.78 is 4.47. The van der Waals surface area contributed by atoms with E-state index in [1.165, 1.54) is 18.5 Å². The first-order valence-electron chi connectivity index (χ1n) is 9.07. The molecule has 0 N–H and O–H groups in total. The minimum atomic E-state index is 0.190. The molecule has 1 atom stereocenters. The van der Waals surface area contributed by atoms with Crippen LogP contribution in [-0.2, 0) is 6.54 Å². The second-order valence-corrected chi connectivity index (χ2v) is 7.40. The van der Waals surface area contributed by atoms with Crippen molar-refractivity contribution in [2.24, 2.45) is 5.92 Å². The average molecular weight is 326 g/mol. The van der Waals surface area contributed by atoms with Crippen molar-refractivity contribution < 1.29 is 4.79 Å². The van der Waals surface area contributed by atoms with Crippen LogP contribution in [0.5, 0.6) is 0 Å². The summed E-state index contributed by atoms with van der Waals surface area (Å²) in [6.07, 6.45) is 10.5. The summed E-state index contributed by atoms with van der Waals surface area (Å²) in [6.45, 7) is 6.93. The van der Waals surface area contributed by atoms with Gasteiger partial charge in [0.1, 0.15) is 0 Å². The van der Waals surface area contributed by atoms with Gasteiger partial charge in [-0.2, -0.15) is 0 Å². The van der Waals surface area contributed by atoms with E-state index in [2.05, 4.69) is 34.0 Å². The fourth-order valence-corrected chi connectivity index (χ4v) is 3.90. The number of carbonyl (C=O) groups excluding carboxylic acids is 1. The van der Waals surface area contributed by atoms with Gasteiger partial charge in [-0.3, -0.25) is 4.79 Å². The van der Waals surface area contributed by atoms with Crippen molar-refractivity contribution >= 4 is 5.91 Å². The Bertz CT molecular complexity index is 727. The molecule has 0 unspecified atom stereocenters. The van der Waals surface area contributed by atoms with Gasteiger partial charge in [0.2, 0.25) is 0 Å². The molecule has 2 aromatic heterocycles. The van der Waals surface area contributed by atoms with Crippen LogP contribution in [0.3, 0.4) is 0 Å². The van der Waals surface area contributed by atoms with Gasteiger partial charge >= 0.3 is 0 Å². The number of aromatic nitrogens is 3. The van der Waals surface area contributed by atoms with Gasteiger partial charge in [0.25, 0.3) is 5.91 Å². The van der Waals surface area contributed by atoms with E-state index in [1.807, 2.05) is 23.6 Å². The van der Waals surface area contributed by atoms with Crippen LogP contribution in [0.1, 0.15) is 53.5 Å². The first-order chi connectivity index (χ1) is 11.6. The molecule has 0 aromatic carbocycles. The predicted molar refractivity (Wildman–Crippen MR) is 93.0 cm³/mol. The van der Waals surface area contributed by atoms with Crippen molar-refractivity contribution in [3.05, 3.63) is 41.7 Å². The first kappa shape index (κ1) is 15.5. The third kappa shape index (κ3) is 2.87. The van der Waals surface area contributed by atoms with E-state index in [4.69, 9.17) is 0 Å². The molecule has 3 heterocycles. The van der Waals surface area contributed by atoms with Gasteiger partial charge in [-0.1, -0.05) is 0 Å². The largest absolute Gasteiger partial charge is 0.348 e. The van der Waals surface area contributed by atoms with Gasteiger partial charge in [-0.05, 0) is 51.5 Å². The summed E-state index contributed by atoms with van der Waals surface area (Å²) in [5, 5.41) is 0. The molecule has 128 valence electrons. The number of hydrogen-bond acceptors (Lipinski definition) is 2. The Balaban J connectivity index is 1.52. The Kier molecular flexibility index (Phi) is 3.94. The maximum atomic E-state index is 13.1.